The number of hydrogen-bond acceptors (Lipinski definition) is 4. The standard InChI is InChI=1S/C10H16N2O3S/c1-16(14,15)7-3-6-12-5-2-4-9(8-11)10(12)13/h2,4-5H,3,6-8,11H2,1H3. The average Bonchev–Trinajstić information content (AvgIpc) is 2.19. The molecule has 5 nitrogen and oxygen atoms in total. The van der Waals surface area contributed by atoms with E-state index < -0.39 is 9.84 Å². The van der Waals surface area contributed by atoms with Gasteiger partial charge in [-0.15, -0.1) is 0 Å². The Bertz CT molecular complexity index is 505. The van der Waals surface area contributed by atoms with Crippen LogP contribution >= 0.6 is 0 Å². The number of aromatic nitrogens is 1. The van der Waals surface area contributed by atoms with E-state index in [9.17, 15) is 13.2 Å². The molecule has 0 spiro atoms. The molecule has 1 rings (SSSR count). The molecule has 0 bridgehead atoms. The number of pyridine rings is 1. The third-order valence-corrected chi connectivity index (χ3v) is 3.26. The van der Waals surface area contributed by atoms with Crippen LogP contribution in [0.3, 0.4) is 0 Å². The SMILES string of the molecule is CS(=O)(=O)CCCn1cccc(CN)c1=O. The van der Waals surface area contributed by atoms with Gasteiger partial charge in [-0.3, -0.25) is 4.79 Å². The Morgan fingerprint density at radius 1 is 1.44 bits per heavy atom. The van der Waals surface area contributed by atoms with Crippen LogP contribution in [0.4, 0.5) is 0 Å². The molecule has 0 aromatic carbocycles. The van der Waals surface area contributed by atoms with Crippen LogP contribution in [0.2, 0.25) is 0 Å². The smallest absolute Gasteiger partial charge is 0.255 e. The predicted molar refractivity (Wildman–Crippen MR) is 62.9 cm³/mol. The van der Waals surface area contributed by atoms with E-state index >= 15 is 0 Å². The molecule has 0 fully saturated rings. The monoisotopic (exact) mass is 244 g/mol. The molecule has 0 saturated heterocycles. The van der Waals surface area contributed by atoms with Crippen LogP contribution in [0, 0.1) is 0 Å². The molecule has 6 heteroatoms. The first-order chi connectivity index (χ1) is 7.44. The highest BCUT2D eigenvalue weighted by atomic mass is 32.2. The Hall–Kier alpha value is -1.14. The second-order valence-electron chi connectivity index (χ2n) is 3.72. The second-order valence-corrected chi connectivity index (χ2v) is 5.98. The van der Waals surface area contributed by atoms with Crippen molar-refractivity contribution in [3.05, 3.63) is 34.2 Å². The molecule has 0 atom stereocenters. The van der Waals surface area contributed by atoms with Crippen molar-refractivity contribution in [2.24, 2.45) is 5.73 Å². The van der Waals surface area contributed by atoms with Gasteiger partial charge in [-0.05, 0) is 12.5 Å². The van der Waals surface area contributed by atoms with Gasteiger partial charge in [0.15, 0.2) is 0 Å². The molecule has 0 radical (unpaired) electrons. The van der Waals surface area contributed by atoms with Gasteiger partial charge >= 0.3 is 0 Å². The van der Waals surface area contributed by atoms with E-state index in [1.54, 1.807) is 18.3 Å². The summed E-state index contributed by atoms with van der Waals surface area (Å²) in [6, 6.07) is 3.42. The Labute approximate surface area is 94.8 Å². The molecule has 90 valence electrons. The number of aryl methyl sites for hydroxylation is 1. The number of nitrogens with zero attached hydrogens (tertiary/aromatic N) is 1. The molecule has 2 N–H and O–H groups in total. The summed E-state index contributed by atoms with van der Waals surface area (Å²) in [7, 11) is -2.96. The number of sulfone groups is 1. The Kier molecular flexibility index (Phi) is 4.26. The lowest BCUT2D eigenvalue weighted by atomic mass is 10.3. The Morgan fingerprint density at radius 3 is 2.69 bits per heavy atom. The molecule has 1 aromatic rings. The first-order valence-electron chi connectivity index (χ1n) is 5.00. The molecule has 1 aromatic heterocycles. The van der Waals surface area contributed by atoms with Crippen molar-refractivity contribution >= 4 is 9.84 Å². The highest BCUT2D eigenvalue weighted by Crippen LogP contribution is 1.95. The molecular formula is C10H16N2O3S. The number of nitrogens with two attached hydrogens (primary N) is 1. The zero-order valence-corrected chi connectivity index (χ0v) is 10.0. The molecule has 0 unspecified atom stereocenters. The van der Waals surface area contributed by atoms with Gasteiger partial charge in [-0.25, -0.2) is 8.42 Å². The minimum Gasteiger partial charge on any atom is -0.326 e. The topological polar surface area (TPSA) is 82.2 Å². The predicted octanol–water partition coefficient (Wildman–Crippen LogP) is -0.258. The summed E-state index contributed by atoms with van der Waals surface area (Å²) >= 11 is 0. The minimum atomic E-state index is -2.96. The average molecular weight is 244 g/mol. The van der Waals surface area contributed by atoms with Gasteiger partial charge < -0.3 is 10.3 Å². The quantitative estimate of drug-likeness (QED) is 0.773. The molecular weight excluding hydrogens is 228 g/mol. The minimum absolute atomic E-state index is 0.0896. The summed E-state index contributed by atoms with van der Waals surface area (Å²) in [6.45, 7) is 0.603. The van der Waals surface area contributed by atoms with E-state index in [-0.39, 0.29) is 17.9 Å². The van der Waals surface area contributed by atoms with Crippen molar-refractivity contribution in [3.63, 3.8) is 0 Å². The Balaban J connectivity index is 2.72. The van der Waals surface area contributed by atoms with Gasteiger partial charge in [-0.1, -0.05) is 6.07 Å². The molecule has 0 aliphatic carbocycles. The normalized spacial score (nSPS) is 11.6. The van der Waals surface area contributed by atoms with E-state index in [4.69, 9.17) is 5.73 Å². The van der Waals surface area contributed by atoms with Gasteiger partial charge in [0.25, 0.3) is 5.56 Å². The maximum absolute atomic E-state index is 11.7. The van der Waals surface area contributed by atoms with Gasteiger partial charge in [0.1, 0.15) is 9.84 Å². The molecule has 0 aliphatic rings. The molecule has 0 amide bonds. The molecule has 1 heterocycles. The largest absolute Gasteiger partial charge is 0.326 e. The molecule has 16 heavy (non-hydrogen) atoms. The lowest BCUT2D eigenvalue weighted by molar-refractivity contribution is 0.588. The fourth-order valence-corrected chi connectivity index (χ4v) is 2.07. The van der Waals surface area contributed by atoms with E-state index in [1.165, 1.54) is 10.8 Å². The van der Waals surface area contributed by atoms with Crippen molar-refractivity contribution in [1.29, 1.82) is 0 Å². The summed E-state index contributed by atoms with van der Waals surface area (Å²) in [6.07, 6.45) is 3.27. The molecule has 0 aliphatic heterocycles. The fourth-order valence-electron chi connectivity index (χ4n) is 1.42. The summed E-state index contributed by atoms with van der Waals surface area (Å²) < 4.78 is 23.3. The van der Waals surface area contributed by atoms with E-state index in [1.807, 2.05) is 0 Å². The highest BCUT2D eigenvalue weighted by molar-refractivity contribution is 7.90. The lowest BCUT2D eigenvalue weighted by Gasteiger charge is -2.06. The maximum atomic E-state index is 11.7. The number of rotatable bonds is 5. The molecule has 0 saturated carbocycles. The van der Waals surface area contributed by atoms with Crippen molar-refractivity contribution in [2.75, 3.05) is 12.0 Å². The second kappa shape index (κ2) is 5.27. The van der Waals surface area contributed by atoms with E-state index in [0.29, 0.717) is 18.5 Å². The van der Waals surface area contributed by atoms with Crippen molar-refractivity contribution in [3.8, 4) is 0 Å². The van der Waals surface area contributed by atoms with Crippen LogP contribution in [0.5, 0.6) is 0 Å². The zero-order valence-electron chi connectivity index (χ0n) is 9.22. The summed E-state index contributed by atoms with van der Waals surface area (Å²) in [5.74, 6) is 0.0896. The van der Waals surface area contributed by atoms with Gasteiger partial charge in [-0.2, -0.15) is 0 Å². The van der Waals surface area contributed by atoms with Crippen molar-refractivity contribution in [2.45, 2.75) is 19.5 Å². The number of hydrogen-bond donors (Lipinski definition) is 1. The van der Waals surface area contributed by atoms with Gasteiger partial charge in [0.05, 0.1) is 5.75 Å². The van der Waals surface area contributed by atoms with Crippen LogP contribution in [-0.4, -0.2) is 25.0 Å². The van der Waals surface area contributed by atoms with Crippen molar-refractivity contribution in [1.82, 2.24) is 4.57 Å². The van der Waals surface area contributed by atoms with E-state index in [2.05, 4.69) is 0 Å². The van der Waals surface area contributed by atoms with Crippen molar-refractivity contribution < 1.29 is 8.42 Å². The highest BCUT2D eigenvalue weighted by Gasteiger charge is 2.04. The van der Waals surface area contributed by atoms with Gasteiger partial charge in [0, 0.05) is 31.1 Å². The first kappa shape index (κ1) is 12.9. The Morgan fingerprint density at radius 2 is 2.12 bits per heavy atom. The van der Waals surface area contributed by atoms with Gasteiger partial charge in [0.2, 0.25) is 0 Å². The summed E-state index contributed by atoms with van der Waals surface area (Å²) in [5.41, 5.74) is 5.81. The lowest BCUT2D eigenvalue weighted by Crippen LogP contribution is -2.25. The van der Waals surface area contributed by atoms with E-state index in [0.717, 1.165) is 0 Å². The fraction of sp³-hybridized carbons (Fsp3) is 0.500. The van der Waals surface area contributed by atoms with Crippen LogP contribution in [0.1, 0.15) is 12.0 Å². The third kappa shape index (κ3) is 3.79. The van der Waals surface area contributed by atoms with Crippen LogP contribution in [0.25, 0.3) is 0 Å². The maximum Gasteiger partial charge on any atom is 0.255 e. The third-order valence-electron chi connectivity index (χ3n) is 2.23. The summed E-state index contributed by atoms with van der Waals surface area (Å²) in [5, 5.41) is 0. The van der Waals surface area contributed by atoms with Crippen LogP contribution in [0.15, 0.2) is 23.1 Å². The van der Waals surface area contributed by atoms with Crippen LogP contribution in [-0.2, 0) is 22.9 Å². The summed E-state index contributed by atoms with van der Waals surface area (Å²) in [4.78, 5) is 11.7. The first-order valence-corrected chi connectivity index (χ1v) is 7.06. The zero-order chi connectivity index (χ0) is 12.2. The van der Waals surface area contributed by atoms with Crippen LogP contribution < -0.4 is 11.3 Å².